The third kappa shape index (κ3) is 6.19. The van der Waals surface area contributed by atoms with Gasteiger partial charge in [0, 0.05) is 56.4 Å². The highest BCUT2D eigenvalue weighted by molar-refractivity contribution is 6.33. The largest absolute Gasteiger partial charge is 0.367 e. The molecule has 11 heteroatoms. The van der Waals surface area contributed by atoms with Crippen LogP contribution in [-0.2, 0) is 4.79 Å². The van der Waals surface area contributed by atoms with E-state index >= 15 is 0 Å². The summed E-state index contributed by atoms with van der Waals surface area (Å²) in [5, 5.41) is 10.4. The molecule has 5 rings (SSSR count). The lowest BCUT2D eigenvalue weighted by atomic mass is 9.96. The van der Waals surface area contributed by atoms with E-state index in [1.807, 2.05) is 29.2 Å². The Kier molecular flexibility index (Phi) is 7.55. The third-order valence-corrected chi connectivity index (χ3v) is 7.20. The molecule has 1 saturated heterocycles. The molecule has 1 aromatic carbocycles. The van der Waals surface area contributed by atoms with Gasteiger partial charge in [-0.15, -0.1) is 0 Å². The van der Waals surface area contributed by atoms with Crippen LogP contribution in [0, 0.1) is 0 Å². The van der Waals surface area contributed by atoms with Crippen molar-refractivity contribution in [1.29, 1.82) is 0 Å². The molecule has 0 atom stereocenters. The van der Waals surface area contributed by atoms with Gasteiger partial charge in [0.25, 0.3) is 0 Å². The second kappa shape index (κ2) is 11.2. The molecule has 3 aromatic rings. The average Bonchev–Trinajstić information content (AvgIpc) is 2.89. The molecule has 0 unspecified atom stereocenters. The van der Waals surface area contributed by atoms with E-state index in [4.69, 9.17) is 11.6 Å². The zero-order chi connectivity index (χ0) is 25.8. The maximum Gasteiger partial charge on any atom is 0.320 e. The van der Waals surface area contributed by atoms with Crippen molar-refractivity contribution in [3.05, 3.63) is 41.6 Å². The van der Waals surface area contributed by atoms with Crippen LogP contribution in [0.1, 0.15) is 39.0 Å². The van der Waals surface area contributed by atoms with E-state index in [9.17, 15) is 9.59 Å². The number of pyridine rings is 1. The van der Waals surface area contributed by atoms with Crippen LogP contribution in [0.5, 0.6) is 0 Å². The summed E-state index contributed by atoms with van der Waals surface area (Å²) in [6.45, 7) is 4.44. The Morgan fingerprint density at radius 2 is 1.78 bits per heavy atom. The standard InChI is InChI=1S/C26H31ClN8O2/c1-17(36)34-11-13-35(14-12-34)22-9-8-20(15-21(22)27)29-25-28-16-18-7-10-23(31-24(18)33-25)32-26(37)30-19-5-3-2-4-6-19/h7-10,15-16,19H,2-6,11-14H2,1H3,(H3,28,29,30,31,32,33,37). The number of urea groups is 1. The van der Waals surface area contributed by atoms with Gasteiger partial charge in [-0.05, 0) is 43.2 Å². The van der Waals surface area contributed by atoms with E-state index in [2.05, 4.69) is 35.8 Å². The molecule has 3 heterocycles. The molecule has 10 nitrogen and oxygen atoms in total. The number of hydrogen-bond donors (Lipinski definition) is 3. The minimum absolute atomic E-state index is 0.0979. The third-order valence-electron chi connectivity index (χ3n) is 6.89. The lowest BCUT2D eigenvalue weighted by Crippen LogP contribution is -2.48. The summed E-state index contributed by atoms with van der Waals surface area (Å²) in [5.41, 5.74) is 2.15. The number of carbonyl (C=O) groups is 2. The van der Waals surface area contributed by atoms with Gasteiger partial charge in [-0.25, -0.2) is 14.8 Å². The van der Waals surface area contributed by atoms with Gasteiger partial charge < -0.3 is 20.4 Å². The molecule has 0 spiro atoms. The van der Waals surface area contributed by atoms with E-state index in [1.165, 1.54) is 6.42 Å². The number of nitrogens with zero attached hydrogens (tertiary/aromatic N) is 5. The molecule has 3 N–H and O–H groups in total. The average molecular weight is 523 g/mol. The first kappa shape index (κ1) is 25.0. The van der Waals surface area contributed by atoms with E-state index in [-0.39, 0.29) is 18.0 Å². The number of piperazine rings is 1. The topological polar surface area (TPSA) is 115 Å². The molecule has 2 fully saturated rings. The SMILES string of the molecule is CC(=O)N1CCN(c2ccc(Nc3ncc4ccc(NC(=O)NC5CCCCC5)nc4n3)cc2Cl)CC1. The molecule has 37 heavy (non-hydrogen) atoms. The molecule has 1 aliphatic heterocycles. The number of fused-ring (bicyclic) bond motifs is 1. The highest BCUT2D eigenvalue weighted by Gasteiger charge is 2.20. The fraction of sp³-hybridized carbons (Fsp3) is 0.423. The van der Waals surface area contributed by atoms with Crippen molar-refractivity contribution in [1.82, 2.24) is 25.2 Å². The van der Waals surface area contributed by atoms with Crippen LogP contribution < -0.4 is 20.9 Å². The molecule has 0 bridgehead atoms. The van der Waals surface area contributed by atoms with Gasteiger partial charge in [0.05, 0.1) is 10.7 Å². The van der Waals surface area contributed by atoms with Gasteiger partial charge in [0.1, 0.15) is 5.82 Å². The van der Waals surface area contributed by atoms with Crippen LogP contribution in [0.3, 0.4) is 0 Å². The minimum Gasteiger partial charge on any atom is -0.367 e. The van der Waals surface area contributed by atoms with Crippen LogP contribution in [0.25, 0.3) is 11.0 Å². The van der Waals surface area contributed by atoms with E-state index in [0.29, 0.717) is 35.5 Å². The summed E-state index contributed by atoms with van der Waals surface area (Å²) in [7, 11) is 0. The van der Waals surface area contributed by atoms with Gasteiger partial charge >= 0.3 is 6.03 Å². The van der Waals surface area contributed by atoms with Crippen LogP contribution >= 0.6 is 11.6 Å². The number of hydrogen-bond acceptors (Lipinski definition) is 7. The number of aromatic nitrogens is 3. The lowest BCUT2D eigenvalue weighted by molar-refractivity contribution is -0.129. The summed E-state index contributed by atoms with van der Waals surface area (Å²) in [6, 6.07) is 9.27. The Labute approximate surface area is 220 Å². The van der Waals surface area contributed by atoms with Crippen molar-refractivity contribution < 1.29 is 9.59 Å². The monoisotopic (exact) mass is 522 g/mol. The molecule has 1 saturated carbocycles. The number of amides is 3. The van der Waals surface area contributed by atoms with Crippen molar-refractivity contribution >= 4 is 57.7 Å². The summed E-state index contributed by atoms with van der Waals surface area (Å²) in [4.78, 5) is 41.4. The number of carbonyl (C=O) groups excluding carboxylic acids is 2. The molecule has 2 aliphatic rings. The Hall–Kier alpha value is -3.66. The molecule has 2 aromatic heterocycles. The summed E-state index contributed by atoms with van der Waals surface area (Å²) in [5.74, 6) is 0.909. The molecule has 3 amide bonds. The van der Waals surface area contributed by atoms with Gasteiger partial charge in [-0.3, -0.25) is 10.1 Å². The van der Waals surface area contributed by atoms with Crippen molar-refractivity contribution in [3.63, 3.8) is 0 Å². The molecule has 1 aliphatic carbocycles. The second-order valence-corrected chi connectivity index (χ2v) is 9.93. The highest BCUT2D eigenvalue weighted by atomic mass is 35.5. The Morgan fingerprint density at radius 3 is 2.51 bits per heavy atom. The van der Waals surface area contributed by atoms with E-state index in [1.54, 1.807) is 19.2 Å². The maximum absolute atomic E-state index is 12.4. The normalized spacial score (nSPS) is 16.5. The minimum atomic E-state index is -0.247. The van der Waals surface area contributed by atoms with Crippen molar-refractivity contribution in [2.75, 3.05) is 41.7 Å². The van der Waals surface area contributed by atoms with Crippen molar-refractivity contribution in [2.24, 2.45) is 0 Å². The Balaban J connectivity index is 1.24. The quantitative estimate of drug-likeness (QED) is 0.450. The predicted molar refractivity (Wildman–Crippen MR) is 146 cm³/mol. The Bertz CT molecular complexity index is 1290. The lowest BCUT2D eigenvalue weighted by Gasteiger charge is -2.36. The summed E-state index contributed by atoms with van der Waals surface area (Å²) in [6.07, 6.45) is 7.26. The zero-order valence-electron chi connectivity index (χ0n) is 20.8. The molecule has 0 radical (unpaired) electrons. The van der Waals surface area contributed by atoms with Gasteiger partial charge in [0.2, 0.25) is 11.9 Å². The van der Waals surface area contributed by atoms with Crippen LogP contribution in [0.15, 0.2) is 36.5 Å². The van der Waals surface area contributed by atoms with Crippen LogP contribution in [-0.4, -0.2) is 64.0 Å². The van der Waals surface area contributed by atoms with Crippen LogP contribution in [0.2, 0.25) is 5.02 Å². The first-order valence-corrected chi connectivity index (χ1v) is 13.1. The van der Waals surface area contributed by atoms with Crippen molar-refractivity contribution in [2.45, 2.75) is 45.1 Å². The first-order chi connectivity index (χ1) is 17.9. The molecular weight excluding hydrogens is 492 g/mol. The maximum atomic E-state index is 12.4. The van der Waals surface area contributed by atoms with Gasteiger partial charge in [0.15, 0.2) is 5.65 Å². The smallest absolute Gasteiger partial charge is 0.320 e. The predicted octanol–water partition coefficient (Wildman–Crippen LogP) is 4.54. The Morgan fingerprint density at radius 1 is 1.00 bits per heavy atom. The number of rotatable bonds is 5. The molecular formula is C26H31ClN8O2. The van der Waals surface area contributed by atoms with E-state index < -0.39 is 0 Å². The summed E-state index contributed by atoms with van der Waals surface area (Å²) < 4.78 is 0. The number of halogens is 1. The number of anilines is 4. The first-order valence-electron chi connectivity index (χ1n) is 12.7. The van der Waals surface area contributed by atoms with Crippen LogP contribution in [0.4, 0.5) is 27.9 Å². The van der Waals surface area contributed by atoms with E-state index in [0.717, 1.165) is 55.5 Å². The fourth-order valence-electron chi connectivity index (χ4n) is 4.86. The number of benzene rings is 1. The zero-order valence-corrected chi connectivity index (χ0v) is 21.6. The fourth-order valence-corrected chi connectivity index (χ4v) is 5.16. The number of nitrogens with one attached hydrogen (secondary N) is 3. The second-order valence-electron chi connectivity index (χ2n) is 9.52. The summed E-state index contributed by atoms with van der Waals surface area (Å²) >= 11 is 6.60. The van der Waals surface area contributed by atoms with Gasteiger partial charge in [-0.2, -0.15) is 4.98 Å². The van der Waals surface area contributed by atoms with Gasteiger partial charge in [-0.1, -0.05) is 30.9 Å². The highest BCUT2D eigenvalue weighted by Crippen LogP contribution is 2.30. The molecule has 194 valence electrons. The van der Waals surface area contributed by atoms with Crippen molar-refractivity contribution in [3.8, 4) is 0 Å².